The van der Waals surface area contributed by atoms with Crippen molar-refractivity contribution in [2.75, 3.05) is 6.54 Å². The van der Waals surface area contributed by atoms with Crippen LogP contribution in [-0.2, 0) is 6.42 Å². The van der Waals surface area contributed by atoms with Crippen LogP contribution in [0.1, 0.15) is 18.4 Å². The summed E-state index contributed by atoms with van der Waals surface area (Å²) in [5, 5.41) is 9.42. The summed E-state index contributed by atoms with van der Waals surface area (Å²) in [6.45, 7) is 0.594. The highest BCUT2D eigenvalue weighted by molar-refractivity contribution is 9.10. The zero-order chi connectivity index (χ0) is 10.6. The summed E-state index contributed by atoms with van der Waals surface area (Å²) in [6, 6.07) is 2.99. The van der Waals surface area contributed by atoms with Gasteiger partial charge in [0.15, 0.2) is 0 Å². The first kappa shape index (κ1) is 11.5. The molecule has 0 aliphatic rings. The number of rotatable bonds is 4. The van der Waals surface area contributed by atoms with Crippen molar-refractivity contribution in [3.05, 3.63) is 28.0 Å². The molecule has 0 aromatic heterocycles. The summed E-state index contributed by atoms with van der Waals surface area (Å²) >= 11 is 3.08. The maximum Gasteiger partial charge on any atom is 0.144 e. The Morgan fingerprint density at radius 2 is 2.07 bits per heavy atom. The van der Waals surface area contributed by atoms with Gasteiger partial charge in [-0.1, -0.05) is 0 Å². The molecule has 0 saturated heterocycles. The summed E-state index contributed by atoms with van der Waals surface area (Å²) in [5.74, 6) is -0.357. The number of phenolic OH excluding ortho intramolecular Hbond substituents is 1. The van der Waals surface area contributed by atoms with Crippen LogP contribution in [0.2, 0.25) is 0 Å². The van der Waals surface area contributed by atoms with Crippen molar-refractivity contribution in [1.82, 2.24) is 0 Å². The van der Waals surface area contributed by atoms with E-state index in [0.717, 1.165) is 12.8 Å². The van der Waals surface area contributed by atoms with Crippen LogP contribution < -0.4 is 5.73 Å². The van der Waals surface area contributed by atoms with Crippen molar-refractivity contribution >= 4 is 15.9 Å². The van der Waals surface area contributed by atoms with Crippen molar-refractivity contribution < 1.29 is 9.50 Å². The van der Waals surface area contributed by atoms with Crippen LogP contribution in [0.3, 0.4) is 0 Å². The second kappa shape index (κ2) is 5.32. The molecule has 0 fully saturated rings. The molecule has 0 unspecified atom stereocenters. The third kappa shape index (κ3) is 2.69. The van der Waals surface area contributed by atoms with Crippen LogP contribution >= 0.6 is 15.9 Å². The lowest BCUT2D eigenvalue weighted by molar-refractivity contribution is 0.456. The largest absolute Gasteiger partial charge is 0.508 e. The molecule has 0 heterocycles. The van der Waals surface area contributed by atoms with E-state index in [1.807, 2.05) is 0 Å². The average molecular weight is 262 g/mol. The molecule has 0 saturated carbocycles. The van der Waals surface area contributed by atoms with Crippen LogP contribution in [0.15, 0.2) is 16.6 Å². The number of phenols is 1. The van der Waals surface area contributed by atoms with E-state index in [2.05, 4.69) is 15.9 Å². The third-order valence-electron chi connectivity index (χ3n) is 2.05. The van der Waals surface area contributed by atoms with Gasteiger partial charge >= 0.3 is 0 Å². The van der Waals surface area contributed by atoms with E-state index in [9.17, 15) is 9.50 Å². The van der Waals surface area contributed by atoms with Crippen LogP contribution in [-0.4, -0.2) is 11.7 Å². The van der Waals surface area contributed by atoms with E-state index in [0.29, 0.717) is 23.0 Å². The van der Waals surface area contributed by atoms with Crippen LogP contribution in [0.5, 0.6) is 5.75 Å². The average Bonchev–Trinajstić information content (AvgIpc) is 2.18. The van der Waals surface area contributed by atoms with Crippen molar-refractivity contribution in [1.29, 1.82) is 0 Å². The normalized spacial score (nSPS) is 10.5. The quantitative estimate of drug-likeness (QED) is 0.819. The minimum atomic E-state index is -0.373. The molecule has 0 atom stereocenters. The van der Waals surface area contributed by atoms with Gasteiger partial charge in [0.05, 0.1) is 4.47 Å². The molecule has 3 N–H and O–H groups in total. The number of hydrogen-bond donors (Lipinski definition) is 2. The Morgan fingerprint density at radius 3 is 2.71 bits per heavy atom. The topological polar surface area (TPSA) is 46.2 Å². The molecule has 4 heteroatoms. The standard InChI is InChI=1S/C10H13BrFNO/c11-8-4-5-9(14)7(10(8)12)3-1-2-6-13/h4-5,14H,1-3,6,13H2. The predicted octanol–water partition coefficient (Wildman–Crippen LogP) is 2.58. The molecule has 2 nitrogen and oxygen atoms in total. The highest BCUT2D eigenvalue weighted by atomic mass is 79.9. The van der Waals surface area contributed by atoms with Gasteiger partial charge in [0.1, 0.15) is 11.6 Å². The Hall–Kier alpha value is -0.610. The maximum atomic E-state index is 13.5. The van der Waals surface area contributed by atoms with Crippen LogP contribution in [0.25, 0.3) is 0 Å². The minimum absolute atomic E-state index is 0.0164. The van der Waals surface area contributed by atoms with Gasteiger partial charge in [0.25, 0.3) is 0 Å². The number of halogens is 2. The predicted molar refractivity (Wildman–Crippen MR) is 57.8 cm³/mol. The molecule has 1 aromatic carbocycles. The monoisotopic (exact) mass is 261 g/mol. The molecule has 14 heavy (non-hydrogen) atoms. The van der Waals surface area contributed by atoms with E-state index in [4.69, 9.17) is 5.73 Å². The third-order valence-corrected chi connectivity index (χ3v) is 2.66. The number of aromatic hydroxyl groups is 1. The summed E-state index contributed by atoms with van der Waals surface area (Å²) in [7, 11) is 0. The van der Waals surface area contributed by atoms with E-state index in [1.54, 1.807) is 0 Å². The number of hydrogen-bond acceptors (Lipinski definition) is 2. The Morgan fingerprint density at radius 1 is 1.36 bits per heavy atom. The van der Waals surface area contributed by atoms with Gasteiger partial charge in [-0.15, -0.1) is 0 Å². The lowest BCUT2D eigenvalue weighted by Crippen LogP contribution is -2.00. The summed E-state index contributed by atoms with van der Waals surface area (Å²) in [5.41, 5.74) is 5.70. The van der Waals surface area contributed by atoms with Gasteiger partial charge in [-0.2, -0.15) is 0 Å². The summed E-state index contributed by atoms with van der Waals surface area (Å²) in [4.78, 5) is 0. The van der Waals surface area contributed by atoms with Gasteiger partial charge in [0.2, 0.25) is 0 Å². The zero-order valence-electron chi connectivity index (χ0n) is 7.76. The van der Waals surface area contributed by atoms with Gasteiger partial charge in [0, 0.05) is 5.56 Å². The molecular formula is C10H13BrFNO. The Bertz CT molecular complexity index is 317. The smallest absolute Gasteiger partial charge is 0.144 e. The highest BCUT2D eigenvalue weighted by Crippen LogP contribution is 2.27. The molecule has 78 valence electrons. The summed E-state index contributed by atoms with van der Waals surface area (Å²) < 4.78 is 13.8. The molecule has 0 spiro atoms. The fraction of sp³-hybridized carbons (Fsp3) is 0.400. The second-order valence-electron chi connectivity index (χ2n) is 3.10. The first-order valence-corrected chi connectivity index (χ1v) is 5.32. The van der Waals surface area contributed by atoms with E-state index >= 15 is 0 Å². The minimum Gasteiger partial charge on any atom is -0.508 e. The first-order valence-electron chi connectivity index (χ1n) is 4.52. The number of benzene rings is 1. The zero-order valence-corrected chi connectivity index (χ0v) is 9.35. The molecule has 0 radical (unpaired) electrons. The fourth-order valence-electron chi connectivity index (χ4n) is 1.27. The van der Waals surface area contributed by atoms with Crippen LogP contribution in [0.4, 0.5) is 4.39 Å². The van der Waals surface area contributed by atoms with E-state index in [1.165, 1.54) is 12.1 Å². The molecule has 0 aliphatic heterocycles. The molecule has 0 bridgehead atoms. The Labute approximate surface area is 91.1 Å². The molecule has 0 aliphatic carbocycles. The first-order chi connectivity index (χ1) is 6.66. The summed E-state index contributed by atoms with van der Waals surface area (Å²) in [6.07, 6.45) is 2.15. The van der Waals surface area contributed by atoms with E-state index in [-0.39, 0.29) is 11.6 Å². The fourth-order valence-corrected chi connectivity index (χ4v) is 1.64. The Balaban J connectivity index is 2.79. The van der Waals surface area contributed by atoms with Gasteiger partial charge < -0.3 is 10.8 Å². The van der Waals surface area contributed by atoms with Crippen LogP contribution in [0, 0.1) is 5.82 Å². The molecule has 1 aromatic rings. The van der Waals surface area contributed by atoms with Gasteiger partial charge in [-0.25, -0.2) is 4.39 Å². The Kier molecular flexibility index (Phi) is 4.35. The molecule has 1 rings (SSSR count). The van der Waals surface area contributed by atoms with Crippen molar-refractivity contribution in [3.63, 3.8) is 0 Å². The van der Waals surface area contributed by atoms with E-state index < -0.39 is 0 Å². The number of unbranched alkanes of at least 4 members (excludes halogenated alkanes) is 1. The van der Waals surface area contributed by atoms with Crippen molar-refractivity contribution in [2.24, 2.45) is 5.73 Å². The lowest BCUT2D eigenvalue weighted by Gasteiger charge is -2.06. The van der Waals surface area contributed by atoms with Gasteiger partial charge in [-0.05, 0) is 53.9 Å². The second-order valence-corrected chi connectivity index (χ2v) is 3.96. The van der Waals surface area contributed by atoms with Crippen molar-refractivity contribution in [3.8, 4) is 5.75 Å². The maximum absolute atomic E-state index is 13.5. The highest BCUT2D eigenvalue weighted by Gasteiger charge is 2.10. The number of nitrogens with two attached hydrogens (primary N) is 1. The lowest BCUT2D eigenvalue weighted by atomic mass is 10.1. The van der Waals surface area contributed by atoms with Crippen molar-refractivity contribution in [2.45, 2.75) is 19.3 Å². The molecular weight excluding hydrogens is 249 g/mol. The molecule has 0 amide bonds. The van der Waals surface area contributed by atoms with Gasteiger partial charge in [-0.3, -0.25) is 0 Å². The SMILES string of the molecule is NCCCCc1c(O)ccc(Br)c1F.